The van der Waals surface area contributed by atoms with Gasteiger partial charge in [-0.3, -0.25) is 4.79 Å². The molecule has 1 unspecified atom stereocenters. The number of rotatable bonds is 5. The van der Waals surface area contributed by atoms with Gasteiger partial charge in [-0.2, -0.15) is 8.78 Å². The van der Waals surface area contributed by atoms with Crippen LogP contribution in [0.5, 0.6) is 0 Å². The second-order valence-electron chi connectivity index (χ2n) is 6.60. The fourth-order valence-electron chi connectivity index (χ4n) is 3.61. The van der Waals surface area contributed by atoms with E-state index in [0.29, 0.717) is 12.8 Å². The van der Waals surface area contributed by atoms with Gasteiger partial charge in [-0.1, -0.05) is 42.5 Å². The Bertz CT molecular complexity index is 646. The summed E-state index contributed by atoms with van der Waals surface area (Å²) in [5.41, 5.74) is -0.147. The third kappa shape index (κ3) is 2.61. The highest BCUT2D eigenvalue weighted by Crippen LogP contribution is 2.60. The van der Waals surface area contributed by atoms with Crippen LogP contribution in [0.15, 0.2) is 30.3 Å². The van der Waals surface area contributed by atoms with Crippen LogP contribution in [0.3, 0.4) is 0 Å². The summed E-state index contributed by atoms with van der Waals surface area (Å²) in [6, 6.07) is 9.18. The first-order valence-corrected chi connectivity index (χ1v) is 8.66. The molecule has 1 aromatic carbocycles. The maximum absolute atomic E-state index is 14.9. The first-order chi connectivity index (χ1) is 11.3. The molecule has 2 aliphatic rings. The zero-order chi connectivity index (χ0) is 17.5. The van der Waals surface area contributed by atoms with E-state index in [0.717, 1.165) is 5.56 Å². The molecule has 0 amide bonds. The Kier molecular flexibility index (Phi) is 4.36. The number of alkyl halides is 2. The van der Waals surface area contributed by atoms with Crippen molar-refractivity contribution in [3.63, 3.8) is 0 Å². The maximum Gasteiger partial charge on any atom is 0.312 e. The topological polar surface area (TPSA) is 29.5 Å². The second-order valence-corrected chi connectivity index (χ2v) is 6.98. The lowest BCUT2D eigenvalue weighted by Gasteiger charge is -2.27. The van der Waals surface area contributed by atoms with Crippen LogP contribution in [0.4, 0.5) is 8.78 Å². The molecule has 6 heteroatoms. The Balaban J connectivity index is 1.87. The molecule has 1 aliphatic carbocycles. The molecular weight excluding hydrogens is 332 g/mol. The lowest BCUT2D eigenvalue weighted by atomic mass is 9.85. The van der Waals surface area contributed by atoms with E-state index < -0.39 is 23.2 Å². The van der Waals surface area contributed by atoms with Gasteiger partial charge in [0.05, 0.1) is 24.0 Å². The minimum Gasteiger partial charge on any atom is -0.466 e. The predicted octanol–water partition coefficient (Wildman–Crippen LogP) is 3.99. The molecule has 1 saturated heterocycles. The van der Waals surface area contributed by atoms with E-state index in [1.165, 1.54) is 0 Å². The van der Waals surface area contributed by atoms with Crippen LogP contribution >= 0.6 is 12.2 Å². The van der Waals surface area contributed by atoms with E-state index in [2.05, 4.69) is 0 Å². The highest BCUT2D eigenvalue weighted by molar-refractivity contribution is 7.80. The number of nitrogens with zero attached hydrogens (tertiary/aromatic N) is 1. The summed E-state index contributed by atoms with van der Waals surface area (Å²) in [5, 5.41) is 0. The van der Waals surface area contributed by atoms with E-state index in [1.54, 1.807) is 11.8 Å². The third-order valence-corrected chi connectivity index (χ3v) is 5.76. The van der Waals surface area contributed by atoms with E-state index in [4.69, 9.17) is 17.0 Å². The van der Waals surface area contributed by atoms with Crippen LogP contribution in [-0.4, -0.2) is 34.9 Å². The summed E-state index contributed by atoms with van der Waals surface area (Å²) in [4.78, 5) is 13.4. The Labute approximate surface area is 146 Å². The molecule has 1 heterocycles. The van der Waals surface area contributed by atoms with Crippen LogP contribution in [0, 0.1) is 11.3 Å². The second kappa shape index (κ2) is 6.06. The molecule has 0 radical (unpaired) electrons. The highest BCUT2D eigenvalue weighted by atomic mass is 32.1. The van der Waals surface area contributed by atoms with Gasteiger partial charge in [-0.25, -0.2) is 0 Å². The molecule has 1 aromatic rings. The molecule has 0 spiro atoms. The standard InChI is InChI=1S/C18H21F2NO2S/c1-3-23-16(22)17(9-10-17)14-11-21(15(24)18(14,19)20)12(2)13-7-5-4-6-8-13/h4-8,12,14H,3,9-11H2,1-2H3/t12-,14?/m0/s1. The summed E-state index contributed by atoms with van der Waals surface area (Å²) in [6.07, 6.45) is 0.893. The van der Waals surface area contributed by atoms with Crippen LogP contribution in [0.1, 0.15) is 38.3 Å². The van der Waals surface area contributed by atoms with E-state index >= 15 is 0 Å². The molecule has 0 bridgehead atoms. The van der Waals surface area contributed by atoms with Gasteiger partial charge < -0.3 is 9.64 Å². The SMILES string of the molecule is CCOC(=O)C1(C2CN([C@@H](C)c3ccccc3)C(=S)C2(F)F)CC1. The minimum absolute atomic E-state index is 0.0840. The monoisotopic (exact) mass is 353 g/mol. The average Bonchev–Trinajstić information content (AvgIpc) is 3.33. The van der Waals surface area contributed by atoms with Crippen molar-refractivity contribution in [2.75, 3.05) is 13.2 Å². The van der Waals surface area contributed by atoms with Crippen LogP contribution < -0.4 is 0 Å². The molecule has 24 heavy (non-hydrogen) atoms. The van der Waals surface area contributed by atoms with Gasteiger partial charge in [-0.15, -0.1) is 0 Å². The summed E-state index contributed by atoms with van der Waals surface area (Å²) < 4.78 is 34.8. The first kappa shape index (κ1) is 17.3. The van der Waals surface area contributed by atoms with Gasteiger partial charge in [0.2, 0.25) is 0 Å². The molecule has 130 valence electrons. The fraction of sp³-hybridized carbons (Fsp3) is 0.556. The number of thiocarbonyl (C=S) groups is 1. The number of likely N-dealkylation sites (tertiary alicyclic amines) is 1. The minimum atomic E-state index is -3.17. The van der Waals surface area contributed by atoms with Crippen molar-refractivity contribution in [2.45, 2.75) is 38.7 Å². The van der Waals surface area contributed by atoms with E-state index in [-0.39, 0.29) is 24.2 Å². The smallest absolute Gasteiger partial charge is 0.312 e. The Hall–Kier alpha value is -1.56. The summed E-state index contributed by atoms with van der Waals surface area (Å²) in [6.45, 7) is 3.84. The van der Waals surface area contributed by atoms with Crippen molar-refractivity contribution in [1.29, 1.82) is 0 Å². The van der Waals surface area contributed by atoms with Crippen molar-refractivity contribution in [3.05, 3.63) is 35.9 Å². The fourth-order valence-corrected chi connectivity index (χ4v) is 3.98. The van der Waals surface area contributed by atoms with Gasteiger partial charge >= 0.3 is 11.9 Å². The van der Waals surface area contributed by atoms with Gasteiger partial charge in [0.15, 0.2) is 0 Å². The summed E-state index contributed by atoms with van der Waals surface area (Å²) >= 11 is 5.10. The summed E-state index contributed by atoms with van der Waals surface area (Å²) in [5.74, 6) is -4.78. The number of carbonyl (C=O) groups is 1. The molecule has 0 N–H and O–H groups in total. The van der Waals surface area contributed by atoms with Gasteiger partial charge in [-0.05, 0) is 32.3 Å². The van der Waals surface area contributed by atoms with Crippen molar-refractivity contribution in [3.8, 4) is 0 Å². The van der Waals surface area contributed by atoms with Gasteiger partial charge in [0.25, 0.3) is 0 Å². The zero-order valence-electron chi connectivity index (χ0n) is 13.8. The highest BCUT2D eigenvalue weighted by Gasteiger charge is 2.69. The van der Waals surface area contributed by atoms with Crippen LogP contribution in [-0.2, 0) is 9.53 Å². The Morgan fingerprint density at radius 2 is 2.00 bits per heavy atom. The van der Waals surface area contributed by atoms with Crippen molar-refractivity contribution < 1.29 is 18.3 Å². The lowest BCUT2D eigenvalue weighted by molar-refractivity contribution is -0.156. The van der Waals surface area contributed by atoms with Crippen molar-refractivity contribution in [2.24, 2.45) is 11.3 Å². The third-order valence-electron chi connectivity index (χ3n) is 5.25. The average molecular weight is 353 g/mol. The maximum atomic E-state index is 14.9. The predicted molar refractivity (Wildman–Crippen MR) is 90.9 cm³/mol. The molecule has 2 atom stereocenters. The number of esters is 1. The van der Waals surface area contributed by atoms with E-state index in [1.807, 2.05) is 37.3 Å². The number of hydrogen-bond donors (Lipinski definition) is 0. The Morgan fingerprint density at radius 3 is 2.54 bits per heavy atom. The van der Waals surface area contributed by atoms with Crippen LogP contribution in [0.25, 0.3) is 0 Å². The number of benzene rings is 1. The molecule has 2 fully saturated rings. The van der Waals surface area contributed by atoms with E-state index in [9.17, 15) is 13.6 Å². The molecule has 3 nitrogen and oxygen atoms in total. The quantitative estimate of drug-likeness (QED) is 0.591. The van der Waals surface area contributed by atoms with Gasteiger partial charge in [0, 0.05) is 6.54 Å². The van der Waals surface area contributed by atoms with Crippen LogP contribution in [0.2, 0.25) is 0 Å². The molecule has 0 aromatic heterocycles. The first-order valence-electron chi connectivity index (χ1n) is 8.25. The molecule has 3 rings (SSSR count). The summed E-state index contributed by atoms with van der Waals surface area (Å²) in [7, 11) is 0. The van der Waals surface area contributed by atoms with Crippen molar-refractivity contribution in [1.82, 2.24) is 4.90 Å². The molecule has 1 saturated carbocycles. The normalized spacial score (nSPS) is 25.4. The molecule has 1 aliphatic heterocycles. The number of halogens is 2. The molecular formula is C18H21F2NO2S. The largest absolute Gasteiger partial charge is 0.466 e. The van der Waals surface area contributed by atoms with Crippen molar-refractivity contribution >= 4 is 23.2 Å². The zero-order valence-corrected chi connectivity index (χ0v) is 14.6. The number of ether oxygens (including phenoxy) is 1. The number of carbonyl (C=O) groups excluding carboxylic acids is 1. The lowest BCUT2D eigenvalue weighted by Crippen LogP contribution is -2.40. The van der Waals surface area contributed by atoms with Gasteiger partial charge in [0.1, 0.15) is 4.99 Å². The number of hydrogen-bond acceptors (Lipinski definition) is 3. The Morgan fingerprint density at radius 1 is 1.38 bits per heavy atom.